The van der Waals surface area contributed by atoms with Gasteiger partial charge < -0.3 is 14.4 Å². The quantitative estimate of drug-likeness (QED) is 0.548. The molecular weight excluding hydrogens is 390 g/mol. The molecule has 2 atom stereocenters. The Kier molecular flexibility index (Phi) is 6.96. The highest BCUT2D eigenvalue weighted by Gasteiger charge is 2.50. The molecule has 5 heteroatoms. The zero-order valence-corrected chi connectivity index (χ0v) is 19.3. The Labute approximate surface area is 181 Å². The lowest BCUT2D eigenvalue weighted by Gasteiger charge is -2.45. The SMILES string of the molecule is C=C[C@H](CO[Si](c1ccccc1)(c1ccccc1)C(C)(C)C)N1C(=O)CCCC1O. The van der Waals surface area contributed by atoms with E-state index in [2.05, 4.69) is 75.9 Å². The third-order valence-corrected chi connectivity index (χ3v) is 11.0. The first kappa shape index (κ1) is 22.5. The molecule has 160 valence electrons. The van der Waals surface area contributed by atoms with Gasteiger partial charge in [-0.1, -0.05) is 87.5 Å². The second-order valence-electron chi connectivity index (χ2n) is 8.95. The lowest BCUT2D eigenvalue weighted by Crippen LogP contribution is -2.67. The summed E-state index contributed by atoms with van der Waals surface area (Å²) in [6.07, 6.45) is 2.72. The molecule has 1 aliphatic heterocycles. The number of likely N-dealkylation sites (tertiary alicyclic amines) is 1. The Morgan fingerprint density at radius 1 is 1.13 bits per heavy atom. The first-order chi connectivity index (χ1) is 14.3. The minimum Gasteiger partial charge on any atom is -0.405 e. The van der Waals surface area contributed by atoms with Gasteiger partial charge in [-0.25, -0.2) is 0 Å². The Bertz CT molecular complexity index is 808. The Morgan fingerprint density at radius 2 is 1.67 bits per heavy atom. The molecule has 30 heavy (non-hydrogen) atoms. The van der Waals surface area contributed by atoms with Crippen LogP contribution in [0.15, 0.2) is 73.3 Å². The number of rotatable bonds is 7. The topological polar surface area (TPSA) is 49.8 Å². The van der Waals surface area contributed by atoms with Gasteiger partial charge in [-0.3, -0.25) is 4.79 Å². The van der Waals surface area contributed by atoms with Gasteiger partial charge in [-0.15, -0.1) is 6.58 Å². The summed E-state index contributed by atoms with van der Waals surface area (Å²) >= 11 is 0. The maximum absolute atomic E-state index is 12.5. The number of hydrogen-bond donors (Lipinski definition) is 1. The van der Waals surface area contributed by atoms with Gasteiger partial charge in [0.25, 0.3) is 8.32 Å². The average Bonchev–Trinajstić information content (AvgIpc) is 2.73. The van der Waals surface area contributed by atoms with Crippen LogP contribution in [0.5, 0.6) is 0 Å². The van der Waals surface area contributed by atoms with Crippen LogP contribution in [0.4, 0.5) is 0 Å². The van der Waals surface area contributed by atoms with Crippen molar-refractivity contribution in [3.63, 3.8) is 0 Å². The second kappa shape index (κ2) is 9.29. The molecule has 1 unspecified atom stereocenters. The standard InChI is InChI=1S/C25H33NO3Si/c1-5-20(26-23(27)17-12-18-24(26)28)19-29-30(25(2,3)4,21-13-8-6-9-14-21)22-15-10-7-11-16-22/h5-11,13-16,20,23,27H,1,12,17-19H2,2-4H3/t20-,23?/m1/s1. The van der Waals surface area contributed by atoms with Gasteiger partial charge in [0.15, 0.2) is 0 Å². The number of piperidine rings is 1. The number of carbonyl (C=O) groups is 1. The zero-order valence-electron chi connectivity index (χ0n) is 18.3. The van der Waals surface area contributed by atoms with E-state index >= 15 is 0 Å². The smallest absolute Gasteiger partial charge is 0.261 e. The fraction of sp³-hybridized carbons (Fsp3) is 0.400. The van der Waals surface area contributed by atoms with Crippen LogP contribution in [0.1, 0.15) is 40.0 Å². The number of amides is 1. The fourth-order valence-electron chi connectivity index (χ4n) is 4.51. The molecule has 1 aliphatic rings. The summed E-state index contributed by atoms with van der Waals surface area (Å²) in [6, 6.07) is 20.5. The largest absolute Gasteiger partial charge is 0.405 e. The lowest BCUT2D eigenvalue weighted by atomic mass is 10.1. The van der Waals surface area contributed by atoms with E-state index in [4.69, 9.17) is 4.43 Å². The maximum atomic E-state index is 12.5. The Hall–Kier alpha value is -2.21. The molecule has 1 heterocycles. The fourth-order valence-corrected chi connectivity index (χ4v) is 9.09. The summed E-state index contributed by atoms with van der Waals surface area (Å²) in [5.41, 5.74) is 0. The van der Waals surface area contributed by atoms with Crippen molar-refractivity contribution < 1.29 is 14.3 Å². The normalized spacial score (nSPS) is 18.9. The summed E-state index contributed by atoms with van der Waals surface area (Å²) in [6.45, 7) is 10.9. The molecule has 1 fully saturated rings. The highest BCUT2D eigenvalue weighted by molar-refractivity contribution is 6.99. The molecular formula is C25H33NO3Si. The van der Waals surface area contributed by atoms with Crippen molar-refractivity contribution >= 4 is 24.6 Å². The van der Waals surface area contributed by atoms with Gasteiger partial charge in [0.1, 0.15) is 6.23 Å². The summed E-state index contributed by atoms with van der Waals surface area (Å²) < 4.78 is 6.93. The van der Waals surface area contributed by atoms with Crippen LogP contribution >= 0.6 is 0 Å². The summed E-state index contributed by atoms with van der Waals surface area (Å²) in [4.78, 5) is 14.1. The van der Waals surface area contributed by atoms with Gasteiger partial charge in [-0.2, -0.15) is 0 Å². The molecule has 0 radical (unpaired) electrons. The van der Waals surface area contributed by atoms with E-state index in [0.29, 0.717) is 19.4 Å². The zero-order chi connectivity index (χ0) is 21.8. The van der Waals surface area contributed by atoms with Gasteiger partial charge in [-0.05, 0) is 28.3 Å². The highest BCUT2D eigenvalue weighted by Crippen LogP contribution is 2.37. The van der Waals surface area contributed by atoms with Crippen molar-refractivity contribution in [1.82, 2.24) is 4.90 Å². The molecule has 0 aliphatic carbocycles. The van der Waals surface area contributed by atoms with E-state index in [1.807, 2.05) is 12.1 Å². The number of benzene rings is 2. The second-order valence-corrected chi connectivity index (χ2v) is 13.3. The minimum atomic E-state index is -2.70. The Morgan fingerprint density at radius 3 is 2.10 bits per heavy atom. The third kappa shape index (κ3) is 4.29. The minimum absolute atomic E-state index is 0.0373. The maximum Gasteiger partial charge on any atom is 0.261 e. The van der Waals surface area contributed by atoms with Crippen LogP contribution in [-0.2, 0) is 9.22 Å². The predicted molar refractivity (Wildman–Crippen MR) is 124 cm³/mol. The summed E-state index contributed by atoms with van der Waals surface area (Å²) in [5, 5.41) is 12.7. The molecule has 3 rings (SSSR count). The van der Waals surface area contributed by atoms with Gasteiger partial charge in [0.05, 0.1) is 12.6 Å². The molecule has 0 bridgehead atoms. The van der Waals surface area contributed by atoms with Gasteiger partial charge >= 0.3 is 0 Å². The average molecular weight is 424 g/mol. The van der Waals surface area contributed by atoms with Crippen LogP contribution in [0.25, 0.3) is 0 Å². The molecule has 1 N–H and O–H groups in total. The molecule has 0 aromatic heterocycles. The lowest BCUT2D eigenvalue weighted by molar-refractivity contribution is -0.150. The van der Waals surface area contributed by atoms with E-state index in [0.717, 1.165) is 6.42 Å². The van der Waals surface area contributed by atoms with Gasteiger partial charge in [0, 0.05) is 6.42 Å². The van der Waals surface area contributed by atoms with Crippen molar-refractivity contribution in [1.29, 1.82) is 0 Å². The molecule has 2 aromatic rings. The summed E-state index contributed by atoms with van der Waals surface area (Å²) in [5.74, 6) is -0.0373. The van der Waals surface area contributed by atoms with Crippen molar-refractivity contribution in [3.8, 4) is 0 Å². The van der Waals surface area contributed by atoms with Crippen LogP contribution < -0.4 is 10.4 Å². The van der Waals surface area contributed by atoms with E-state index in [9.17, 15) is 9.90 Å². The van der Waals surface area contributed by atoms with Crippen LogP contribution in [0.2, 0.25) is 5.04 Å². The molecule has 0 saturated carbocycles. The van der Waals surface area contributed by atoms with Crippen molar-refractivity contribution in [2.45, 2.75) is 57.3 Å². The van der Waals surface area contributed by atoms with E-state index < -0.39 is 14.5 Å². The van der Waals surface area contributed by atoms with Crippen molar-refractivity contribution in [2.24, 2.45) is 0 Å². The highest BCUT2D eigenvalue weighted by atomic mass is 28.4. The molecule has 1 amide bonds. The first-order valence-corrected chi connectivity index (χ1v) is 12.6. The predicted octanol–water partition coefficient (Wildman–Crippen LogP) is 3.45. The number of aliphatic hydroxyl groups is 1. The van der Waals surface area contributed by atoms with E-state index in [-0.39, 0.29) is 17.0 Å². The van der Waals surface area contributed by atoms with E-state index in [1.165, 1.54) is 10.4 Å². The first-order valence-electron chi connectivity index (χ1n) is 10.7. The van der Waals surface area contributed by atoms with Crippen LogP contribution in [-0.4, -0.2) is 43.1 Å². The van der Waals surface area contributed by atoms with Crippen LogP contribution in [0, 0.1) is 0 Å². The third-order valence-electron chi connectivity index (χ3n) is 5.98. The van der Waals surface area contributed by atoms with Crippen molar-refractivity contribution in [2.75, 3.05) is 6.61 Å². The van der Waals surface area contributed by atoms with Gasteiger partial charge in [0.2, 0.25) is 5.91 Å². The number of aliphatic hydroxyl groups excluding tert-OH is 1. The van der Waals surface area contributed by atoms with Crippen LogP contribution in [0.3, 0.4) is 0 Å². The molecule has 1 saturated heterocycles. The summed E-state index contributed by atoms with van der Waals surface area (Å²) in [7, 11) is -2.70. The molecule has 4 nitrogen and oxygen atoms in total. The number of nitrogens with zero attached hydrogens (tertiary/aromatic N) is 1. The Balaban J connectivity index is 2.03. The van der Waals surface area contributed by atoms with Crippen molar-refractivity contribution in [3.05, 3.63) is 73.3 Å². The monoisotopic (exact) mass is 423 g/mol. The number of carbonyl (C=O) groups excluding carboxylic acids is 1. The molecule has 0 spiro atoms. The van der Waals surface area contributed by atoms with E-state index in [1.54, 1.807) is 11.0 Å². The molecule has 2 aromatic carbocycles. The number of hydrogen-bond acceptors (Lipinski definition) is 3.